The number of nitrogens with two attached hydrogens (primary N) is 1. The van der Waals surface area contributed by atoms with Crippen LogP contribution in [0.3, 0.4) is 0 Å². The first-order valence-electron chi connectivity index (χ1n) is 4.93. The lowest BCUT2D eigenvalue weighted by Crippen LogP contribution is -2.11. The van der Waals surface area contributed by atoms with Gasteiger partial charge in [-0.25, -0.2) is 4.79 Å². The normalized spacial score (nSPS) is 11.3. The maximum absolute atomic E-state index is 12.3. The first-order valence-corrected chi connectivity index (χ1v) is 4.93. The number of alkyl halides is 3. The molecule has 0 saturated carbocycles. The number of carbonyl (C=O) groups is 1. The third-order valence-corrected chi connectivity index (χ3v) is 2.16. The molecule has 3 N–H and O–H groups in total. The smallest absolute Gasteiger partial charge is 0.416 e. The summed E-state index contributed by atoms with van der Waals surface area (Å²) in [5, 5.41) is 8.99. The van der Waals surface area contributed by atoms with Crippen molar-refractivity contribution < 1.29 is 22.7 Å². The number of carbonyl (C=O) groups excluding carboxylic acids is 1. The van der Waals surface area contributed by atoms with Gasteiger partial charge in [-0.05, 0) is 24.3 Å². The largest absolute Gasteiger partial charge is 0.422 e. The van der Waals surface area contributed by atoms with Crippen LogP contribution in [0.15, 0.2) is 24.3 Å². The molecule has 1 aromatic carbocycles. The van der Waals surface area contributed by atoms with Crippen molar-refractivity contribution in [2.75, 3.05) is 5.73 Å². The van der Waals surface area contributed by atoms with E-state index in [1.54, 1.807) is 0 Å². The quantitative estimate of drug-likeness (QED) is 0.640. The summed E-state index contributed by atoms with van der Waals surface area (Å²) in [5.41, 5.74) is 4.25. The molecule has 0 saturated heterocycles. The Kier molecular flexibility index (Phi) is 3.11. The molecular weight excluding hydrogens is 265 g/mol. The summed E-state index contributed by atoms with van der Waals surface area (Å²) in [7, 11) is 0. The number of anilines is 1. The number of nitrogens with one attached hydrogen (secondary N) is 1. The lowest BCUT2D eigenvalue weighted by molar-refractivity contribution is -0.137. The second-order valence-corrected chi connectivity index (χ2v) is 3.47. The summed E-state index contributed by atoms with van der Waals surface area (Å²) >= 11 is 0. The number of H-pyrrole nitrogens is 1. The van der Waals surface area contributed by atoms with E-state index in [1.807, 2.05) is 0 Å². The summed E-state index contributed by atoms with van der Waals surface area (Å²) in [4.78, 5) is 11.5. The number of aromatic nitrogens is 3. The van der Waals surface area contributed by atoms with Crippen LogP contribution < -0.4 is 10.5 Å². The van der Waals surface area contributed by atoms with Crippen LogP contribution in [0.1, 0.15) is 16.1 Å². The van der Waals surface area contributed by atoms with E-state index in [4.69, 9.17) is 10.5 Å². The number of ether oxygens (including phenoxy) is 1. The molecule has 0 aliphatic rings. The molecule has 0 bridgehead atoms. The number of benzene rings is 1. The van der Waals surface area contributed by atoms with Crippen LogP contribution in [0, 0.1) is 0 Å². The highest BCUT2D eigenvalue weighted by Gasteiger charge is 2.30. The zero-order chi connectivity index (χ0) is 14.0. The van der Waals surface area contributed by atoms with Gasteiger partial charge < -0.3 is 10.5 Å². The average Bonchev–Trinajstić information content (AvgIpc) is 2.75. The number of nitrogen functional groups attached to an aromatic ring is 1. The number of hydrogen-bond acceptors (Lipinski definition) is 5. The number of hydrogen-bond donors (Lipinski definition) is 2. The highest BCUT2D eigenvalue weighted by molar-refractivity contribution is 5.93. The lowest BCUT2D eigenvalue weighted by Gasteiger charge is -2.07. The third-order valence-electron chi connectivity index (χ3n) is 2.16. The molecular formula is C10H7F3N4O2. The van der Waals surface area contributed by atoms with Crippen molar-refractivity contribution in [3.05, 3.63) is 35.5 Å². The zero-order valence-electron chi connectivity index (χ0n) is 9.23. The van der Waals surface area contributed by atoms with Gasteiger partial charge in [0.1, 0.15) is 5.75 Å². The fraction of sp³-hybridized carbons (Fsp3) is 0.100. The molecule has 100 valence electrons. The van der Waals surface area contributed by atoms with Crippen LogP contribution in [-0.4, -0.2) is 21.4 Å². The topological polar surface area (TPSA) is 93.9 Å². The van der Waals surface area contributed by atoms with E-state index < -0.39 is 17.7 Å². The SMILES string of the molecule is Nc1n[nH]nc1C(=O)Oc1ccc(C(F)(F)F)cc1. The Hall–Kier alpha value is -2.58. The molecule has 0 unspecified atom stereocenters. The molecule has 19 heavy (non-hydrogen) atoms. The van der Waals surface area contributed by atoms with Gasteiger partial charge in [0, 0.05) is 0 Å². The van der Waals surface area contributed by atoms with E-state index in [-0.39, 0.29) is 17.3 Å². The van der Waals surface area contributed by atoms with Crippen molar-refractivity contribution >= 4 is 11.8 Å². The third kappa shape index (κ3) is 2.81. The van der Waals surface area contributed by atoms with Crippen molar-refractivity contribution in [3.8, 4) is 5.75 Å². The molecule has 0 amide bonds. The standard InChI is InChI=1S/C10H7F3N4O2/c11-10(12,13)5-1-3-6(4-2-5)19-9(18)7-8(14)16-17-15-7/h1-4H,(H3,14,15,16,17). The Bertz CT molecular complexity index is 592. The van der Waals surface area contributed by atoms with Gasteiger partial charge in [0.25, 0.3) is 0 Å². The number of esters is 1. The van der Waals surface area contributed by atoms with Gasteiger partial charge >= 0.3 is 12.1 Å². The maximum atomic E-state index is 12.3. The number of halogens is 3. The Morgan fingerprint density at radius 3 is 2.32 bits per heavy atom. The van der Waals surface area contributed by atoms with E-state index >= 15 is 0 Å². The highest BCUT2D eigenvalue weighted by atomic mass is 19.4. The van der Waals surface area contributed by atoms with Crippen molar-refractivity contribution in [3.63, 3.8) is 0 Å². The maximum Gasteiger partial charge on any atom is 0.416 e. The summed E-state index contributed by atoms with van der Waals surface area (Å²) in [5.74, 6) is -1.12. The Morgan fingerprint density at radius 1 is 1.21 bits per heavy atom. The Balaban J connectivity index is 2.12. The van der Waals surface area contributed by atoms with E-state index in [1.165, 1.54) is 0 Å². The van der Waals surface area contributed by atoms with Crippen LogP contribution in [0.5, 0.6) is 5.75 Å². The average molecular weight is 272 g/mol. The van der Waals surface area contributed by atoms with E-state index in [0.29, 0.717) is 0 Å². The summed E-state index contributed by atoms with van der Waals surface area (Å²) in [6.07, 6.45) is -4.45. The fourth-order valence-electron chi connectivity index (χ4n) is 1.26. The molecule has 6 nitrogen and oxygen atoms in total. The molecule has 0 spiro atoms. The monoisotopic (exact) mass is 272 g/mol. The van der Waals surface area contributed by atoms with Crippen LogP contribution in [-0.2, 0) is 6.18 Å². The second kappa shape index (κ2) is 4.59. The van der Waals surface area contributed by atoms with Crippen molar-refractivity contribution in [1.29, 1.82) is 0 Å². The second-order valence-electron chi connectivity index (χ2n) is 3.47. The van der Waals surface area contributed by atoms with E-state index in [0.717, 1.165) is 24.3 Å². The van der Waals surface area contributed by atoms with Gasteiger partial charge in [-0.15, -0.1) is 10.2 Å². The molecule has 1 heterocycles. The predicted molar refractivity (Wildman–Crippen MR) is 57.2 cm³/mol. The Morgan fingerprint density at radius 2 is 1.84 bits per heavy atom. The molecule has 2 aromatic rings. The highest BCUT2D eigenvalue weighted by Crippen LogP contribution is 2.30. The molecule has 0 radical (unpaired) electrons. The van der Waals surface area contributed by atoms with E-state index in [2.05, 4.69) is 15.4 Å². The van der Waals surface area contributed by atoms with E-state index in [9.17, 15) is 18.0 Å². The summed E-state index contributed by atoms with van der Waals surface area (Å²) < 4.78 is 41.7. The number of rotatable bonds is 2. The molecule has 0 atom stereocenters. The van der Waals surface area contributed by atoms with Crippen LogP contribution in [0.25, 0.3) is 0 Å². The van der Waals surface area contributed by atoms with Crippen molar-refractivity contribution in [2.24, 2.45) is 0 Å². The van der Waals surface area contributed by atoms with Crippen LogP contribution in [0.4, 0.5) is 19.0 Å². The molecule has 0 fully saturated rings. The minimum absolute atomic E-state index is 0.0552. The van der Waals surface area contributed by atoms with Gasteiger partial charge in [-0.2, -0.15) is 18.4 Å². The summed E-state index contributed by atoms with van der Waals surface area (Å²) in [6, 6.07) is 3.65. The number of nitrogens with zero attached hydrogens (tertiary/aromatic N) is 2. The first-order chi connectivity index (χ1) is 8.88. The molecule has 2 rings (SSSR count). The van der Waals surface area contributed by atoms with Crippen molar-refractivity contribution in [2.45, 2.75) is 6.18 Å². The predicted octanol–water partition coefficient (Wildman–Crippen LogP) is 1.62. The van der Waals surface area contributed by atoms with Gasteiger partial charge in [0.05, 0.1) is 5.56 Å². The minimum atomic E-state index is -4.45. The van der Waals surface area contributed by atoms with Crippen molar-refractivity contribution in [1.82, 2.24) is 15.4 Å². The van der Waals surface area contributed by atoms with Gasteiger partial charge in [-0.3, -0.25) is 0 Å². The number of aromatic amines is 1. The molecule has 0 aliphatic carbocycles. The van der Waals surface area contributed by atoms with Gasteiger partial charge in [0.15, 0.2) is 5.82 Å². The van der Waals surface area contributed by atoms with Gasteiger partial charge in [0.2, 0.25) is 5.69 Å². The molecule has 1 aromatic heterocycles. The lowest BCUT2D eigenvalue weighted by atomic mass is 10.2. The van der Waals surface area contributed by atoms with Gasteiger partial charge in [-0.1, -0.05) is 0 Å². The first kappa shape index (κ1) is 12.9. The van der Waals surface area contributed by atoms with Crippen LogP contribution >= 0.6 is 0 Å². The van der Waals surface area contributed by atoms with Crippen LogP contribution in [0.2, 0.25) is 0 Å². The Labute approximate surface area is 104 Å². The summed E-state index contributed by atoms with van der Waals surface area (Å²) in [6.45, 7) is 0. The zero-order valence-corrected chi connectivity index (χ0v) is 9.23. The fourth-order valence-corrected chi connectivity index (χ4v) is 1.26. The molecule has 9 heteroatoms. The molecule has 0 aliphatic heterocycles. The minimum Gasteiger partial charge on any atom is -0.422 e.